The van der Waals surface area contributed by atoms with Crippen molar-refractivity contribution >= 4 is 45.3 Å². The van der Waals surface area contributed by atoms with E-state index in [0.717, 1.165) is 15.6 Å². The number of hydrogen-bond acceptors (Lipinski definition) is 5. The number of halogens is 3. The van der Waals surface area contributed by atoms with Gasteiger partial charge in [0.05, 0.1) is 12.8 Å². The molecule has 0 spiro atoms. The van der Waals surface area contributed by atoms with Crippen molar-refractivity contribution in [3.8, 4) is 11.5 Å². The largest absolute Gasteiger partial charge is 0.490 e. The van der Waals surface area contributed by atoms with E-state index in [4.69, 9.17) is 32.7 Å². The Labute approximate surface area is 174 Å². The fourth-order valence-corrected chi connectivity index (χ4v) is 3.10. The molecule has 9 heteroatoms. The molecular weight excluding hydrogens is 455 g/mol. The molecule has 2 aromatic carbocycles. The van der Waals surface area contributed by atoms with Gasteiger partial charge in [-0.25, -0.2) is 4.68 Å². The van der Waals surface area contributed by atoms with Gasteiger partial charge in [0, 0.05) is 25.6 Å². The summed E-state index contributed by atoms with van der Waals surface area (Å²) < 4.78 is 14.0. The second kappa shape index (κ2) is 9.21. The first-order valence-corrected chi connectivity index (χ1v) is 9.53. The molecule has 0 aliphatic carbocycles. The normalized spacial score (nSPS) is 11.1. The highest BCUT2D eigenvalue weighted by Crippen LogP contribution is 2.34. The average Bonchev–Trinajstić information content (AvgIpc) is 3.15. The predicted octanol–water partition coefficient (Wildman–Crippen LogP) is 5.21. The van der Waals surface area contributed by atoms with Crippen LogP contribution in [0.4, 0.5) is 0 Å². The van der Waals surface area contributed by atoms with Crippen molar-refractivity contribution in [2.45, 2.75) is 13.5 Å². The summed E-state index contributed by atoms with van der Waals surface area (Å²) in [5.41, 5.74) is 1.65. The van der Waals surface area contributed by atoms with Gasteiger partial charge in [0.2, 0.25) is 0 Å². The second-order valence-electron chi connectivity index (χ2n) is 5.36. The third kappa shape index (κ3) is 5.22. The van der Waals surface area contributed by atoms with Crippen LogP contribution in [-0.2, 0) is 6.61 Å². The van der Waals surface area contributed by atoms with Crippen molar-refractivity contribution in [1.82, 2.24) is 14.9 Å². The number of rotatable bonds is 7. The lowest BCUT2D eigenvalue weighted by Crippen LogP contribution is -2.02. The van der Waals surface area contributed by atoms with Gasteiger partial charge < -0.3 is 9.47 Å². The fourth-order valence-electron chi connectivity index (χ4n) is 2.21. The van der Waals surface area contributed by atoms with Crippen molar-refractivity contribution < 1.29 is 9.47 Å². The molecule has 0 saturated heterocycles. The van der Waals surface area contributed by atoms with Gasteiger partial charge in [0.1, 0.15) is 19.3 Å². The maximum Gasteiger partial charge on any atom is 0.162 e. The van der Waals surface area contributed by atoms with Crippen molar-refractivity contribution in [3.63, 3.8) is 0 Å². The number of ether oxygens (including phenoxy) is 2. The van der Waals surface area contributed by atoms with Crippen LogP contribution in [0.5, 0.6) is 11.5 Å². The summed E-state index contributed by atoms with van der Waals surface area (Å²) in [5, 5.41) is 12.8. The first-order valence-electron chi connectivity index (χ1n) is 7.99. The molecule has 27 heavy (non-hydrogen) atoms. The molecule has 1 heterocycles. The molecule has 3 aromatic rings. The molecule has 0 fully saturated rings. The molecule has 0 amide bonds. The Balaban J connectivity index is 1.82. The van der Waals surface area contributed by atoms with E-state index in [1.807, 2.05) is 25.1 Å². The molecule has 1 aromatic heterocycles. The smallest absolute Gasteiger partial charge is 0.162 e. The number of benzene rings is 2. The summed E-state index contributed by atoms with van der Waals surface area (Å²) >= 11 is 15.7. The van der Waals surface area contributed by atoms with E-state index in [0.29, 0.717) is 28.2 Å². The second-order valence-corrected chi connectivity index (χ2v) is 7.06. The maximum atomic E-state index is 6.21. The Morgan fingerprint density at radius 3 is 2.56 bits per heavy atom. The Hall–Kier alpha value is -2.09. The van der Waals surface area contributed by atoms with Gasteiger partial charge in [-0.15, -0.1) is 10.2 Å². The zero-order chi connectivity index (χ0) is 19.2. The van der Waals surface area contributed by atoms with Crippen LogP contribution in [0.2, 0.25) is 10.0 Å². The molecular formula is C18H15BrCl2N4O2. The first kappa shape index (κ1) is 19.7. The molecule has 140 valence electrons. The lowest BCUT2D eigenvalue weighted by atomic mass is 10.2. The molecule has 0 radical (unpaired) electrons. The van der Waals surface area contributed by atoms with E-state index in [1.165, 1.54) is 17.3 Å². The third-order valence-electron chi connectivity index (χ3n) is 3.50. The van der Waals surface area contributed by atoms with Crippen molar-refractivity contribution in [2.75, 3.05) is 6.61 Å². The van der Waals surface area contributed by atoms with Crippen LogP contribution in [0.15, 0.2) is 52.6 Å². The van der Waals surface area contributed by atoms with Gasteiger partial charge in [-0.05, 0) is 47.1 Å². The van der Waals surface area contributed by atoms with Crippen LogP contribution in [-0.4, -0.2) is 27.7 Å². The zero-order valence-corrected chi connectivity index (χ0v) is 17.4. The molecule has 0 bridgehead atoms. The topological polar surface area (TPSA) is 61.5 Å². The van der Waals surface area contributed by atoms with Gasteiger partial charge >= 0.3 is 0 Å². The summed E-state index contributed by atoms with van der Waals surface area (Å²) in [6, 6.07) is 8.98. The molecule has 0 unspecified atom stereocenters. The highest BCUT2D eigenvalue weighted by molar-refractivity contribution is 9.10. The fraction of sp³-hybridized carbons (Fsp3) is 0.167. The average molecular weight is 470 g/mol. The minimum absolute atomic E-state index is 0.288. The van der Waals surface area contributed by atoms with Crippen molar-refractivity contribution in [3.05, 3.63) is 68.6 Å². The standard InChI is InChI=1S/C18H15BrCl2N4O2/c1-2-26-17-5-13(8-24-25-10-22-23-11-25)15(19)7-18(17)27-9-12-3-4-14(20)6-16(12)21/h3-8,10-11H,2,9H2,1H3/b24-8+. The van der Waals surface area contributed by atoms with E-state index in [9.17, 15) is 0 Å². The molecule has 0 saturated carbocycles. The summed E-state index contributed by atoms with van der Waals surface area (Å²) in [5.74, 6) is 1.20. The van der Waals surface area contributed by atoms with Gasteiger partial charge in [-0.2, -0.15) is 5.10 Å². The van der Waals surface area contributed by atoms with Crippen molar-refractivity contribution in [2.24, 2.45) is 5.10 Å². The highest BCUT2D eigenvalue weighted by Gasteiger charge is 2.11. The zero-order valence-electron chi connectivity index (χ0n) is 14.3. The van der Waals surface area contributed by atoms with Gasteiger partial charge in [0.15, 0.2) is 11.5 Å². The monoisotopic (exact) mass is 468 g/mol. The van der Waals surface area contributed by atoms with E-state index >= 15 is 0 Å². The molecule has 3 rings (SSSR count). The van der Waals surface area contributed by atoms with Gasteiger partial charge in [0.25, 0.3) is 0 Å². The van der Waals surface area contributed by atoms with E-state index in [2.05, 4.69) is 31.2 Å². The van der Waals surface area contributed by atoms with Gasteiger partial charge in [-0.1, -0.05) is 29.3 Å². The van der Waals surface area contributed by atoms with Crippen LogP contribution in [0, 0.1) is 0 Å². The quantitative estimate of drug-likeness (QED) is 0.445. The van der Waals surface area contributed by atoms with Crippen LogP contribution < -0.4 is 9.47 Å². The minimum atomic E-state index is 0.288. The molecule has 0 aliphatic rings. The summed E-state index contributed by atoms with van der Waals surface area (Å²) in [7, 11) is 0. The Morgan fingerprint density at radius 2 is 1.85 bits per heavy atom. The first-order chi connectivity index (χ1) is 13.1. The Bertz CT molecular complexity index is 949. The van der Waals surface area contributed by atoms with E-state index < -0.39 is 0 Å². The van der Waals surface area contributed by atoms with Crippen molar-refractivity contribution in [1.29, 1.82) is 0 Å². The summed E-state index contributed by atoms with van der Waals surface area (Å²) in [4.78, 5) is 0. The predicted molar refractivity (Wildman–Crippen MR) is 109 cm³/mol. The number of aromatic nitrogens is 3. The van der Waals surface area contributed by atoms with E-state index in [-0.39, 0.29) is 6.61 Å². The molecule has 0 N–H and O–H groups in total. The van der Waals surface area contributed by atoms with Crippen LogP contribution >= 0.6 is 39.1 Å². The van der Waals surface area contributed by atoms with Crippen LogP contribution in [0.25, 0.3) is 0 Å². The van der Waals surface area contributed by atoms with E-state index in [1.54, 1.807) is 18.3 Å². The molecule has 0 atom stereocenters. The summed E-state index contributed by atoms with van der Waals surface area (Å²) in [6.45, 7) is 2.70. The SMILES string of the molecule is CCOc1cc(/C=N/n2cnnc2)c(Br)cc1OCc1ccc(Cl)cc1Cl. The molecule has 0 aliphatic heterocycles. The lowest BCUT2D eigenvalue weighted by Gasteiger charge is -2.14. The maximum absolute atomic E-state index is 6.21. The Kier molecular flexibility index (Phi) is 6.71. The van der Waals surface area contributed by atoms with Crippen LogP contribution in [0.3, 0.4) is 0 Å². The van der Waals surface area contributed by atoms with Crippen LogP contribution in [0.1, 0.15) is 18.1 Å². The Morgan fingerprint density at radius 1 is 1.11 bits per heavy atom. The number of hydrogen-bond donors (Lipinski definition) is 0. The highest BCUT2D eigenvalue weighted by atomic mass is 79.9. The number of nitrogens with zero attached hydrogens (tertiary/aromatic N) is 4. The minimum Gasteiger partial charge on any atom is -0.490 e. The van der Waals surface area contributed by atoms with Gasteiger partial charge in [-0.3, -0.25) is 0 Å². The third-order valence-corrected chi connectivity index (χ3v) is 4.77. The summed E-state index contributed by atoms with van der Waals surface area (Å²) in [6.07, 6.45) is 4.68. The lowest BCUT2D eigenvalue weighted by molar-refractivity contribution is 0.269. The molecule has 6 nitrogen and oxygen atoms in total.